The van der Waals surface area contributed by atoms with Crippen LogP contribution in [0.25, 0.3) is 0 Å². The van der Waals surface area contributed by atoms with E-state index in [9.17, 15) is 4.79 Å². The van der Waals surface area contributed by atoms with Crippen LogP contribution in [-0.2, 0) is 4.79 Å². The third-order valence-corrected chi connectivity index (χ3v) is 3.55. The molecule has 54 valence electrons. The molecule has 3 unspecified atom stereocenters. The molecule has 1 N–H and O–H groups in total. The number of fused-ring (bicyclic) bond motifs is 2. The number of rotatable bonds is 1. The topological polar surface area (TPSA) is 37.3 Å². The van der Waals surface area contributed by atoms with Crippen LogP contribution in [0.1, 0.15) is 6.42 Å². The average molecular weight is 156 g/mol. The summed E-state index contributed by atoms with van der Waals surface area (Å²) < 4.78 is 0. The van der Waals surface area contributed by atoms with Gasteiger partial charge in [0.1, 0.15) is 0 Å². The second-order valence-electron chi connectivity index (χ2n) is 2.70. The Hall–Kier alpha value is -0.440. The summed E-state index contributed by atoms with van der Waals surface area (Å²) in [5.41, 5.74) is 0. The Kier molecular flexibility index (Phi) is 1.27. The van der Waals surface area contributed by atoms with Gasteiger partial charge in [0.2, 0.25) is 0 Å². The monoisotopic (exact) mass is 156 g/mol. The molecule has 0 aromatic rings. The third-order valence-electron chi connectivity index (χ3n) is 2.05. The summed E-state index contributed by atoms with van der Waals surface area (Å²) in [5, 5.41) is 9.45. The van der Waals surface area contributed by atoms with E-state index in [-0.39, 0.29) is 11.2 Å². The van der Waals surface area contributed by atoms with Gasteiger partial charge in [-0.2, -0.15) is 0 Å². The first-order valence-electron chi connectivity index (χ1n) is 3.34. The molecule has 0 aromatic carbocycles. The molecule has 2 aliphatic heterocycles. The van der Waals surface area contributed by atoms with Crippen molar-refractivity contribution in [2.24, 2.45) is 5.92 Å². The Balaban J connectivity index is 2.16. The van der Waals surface area contributed by atoms with Gasteiger partial charge < -0.3 is 5.11 Å². The van der Waals surface area contributed by atoms with E-state index in [0.29, 0.717) is 5.25 Å². The first-order valence-corrected chi connectivity index (χ1v) is 4.28. The Labute approximate surface area is 63.3 Å². The van der Waals surface area contributed by atoms with E-state index in [2.05, 4.69) is 6.08 Å². The average Bonchev–Trinajstić information content (AvgIpc) is 2.44. The van der Waals surface area contributed by atoms with Gasteiger partial charge in [-0.05, 0) is 6.42 Å². The molecule has 2 bridgehead atoms. The molecule has 0 saturated carbocycles. The number of hydrogen-bond acceptors (Lipinski definition) is 2. The van der Waals surface area contributed by atoms with Gasteiger partial charge in [0.25, 0.3) is 0 Å². The highest BCUT2D eigenvalue weighted by Crippen LogP contribution is 2.44. The molecule has 2 heterocycles. The van der Waals surface area contributed by atoms with Gasteiger partial charge in [-0.1, -0.05) is 12.2 Å². The molecule has 3 heteroatoms. The summed E-state index contributed by atoms with van der Waals surface area (Å²) in [4.78, 5) is 10.5. The summed E-state index contributed by atoms with van der Waals surface area (Å²) in [6.07, 6.45) is 4.98. The summed E-state index contributed by atoms with van der Waals surface area (Å²) in [6.45, 7) is 0. The van der Waals surface area contributed by atoms with E-state index >= 15 is 0 Å². The number of aliphatic carboxylic acids is 1. The molecule has 2 nitrogen and oxygen atoms in total. The predicted molar refractivity (Wildman–Crippen MR) is 40.0 cm³/mol. The summed E-state index contributed by atoms with van der Waals surface area (Å²) in [6, 6.07) is 0. The number of hydrogen-bond donors (Lipinski definition) is 1. The molecule has 2 rings (SSSR count). The lowest BCUT2D eigenvalue weighted by atomic mass is 9.95. The van der Waals surface area contributed by atoms with E-state index in [4.69, 9.17) is 5.11 Å². The van der Waals surface area contributed by atoms with Gasteiger partial charge >= 0.3 is 5.97 Å². The standard InChI is InChI=1S/C7H8O2S/c8-7(9)5-3-4-1-2-6(5)10-4/h1-2,4-6H,3H2,(H,8,9). The highest BCUT2D eigenvalue weighted by atomic mass is 32.2. The normalized spacial score (nSPS) is 42.6. The maximum atomic E-state index is 10.5. The van der Waals surface area contributed by atoms with Gasteiger partial charge in [-0.25, -0.2) is 0 Å². The van der Waals surface area contributed by atoms with Crippen molar-refractivity contribution in [3.8, 4) is 0 Å². The third kappa shape index (κ3) is 0.770. The molecule has 1 fully saturated rings. The summed E-state index contributed by atoms with van der Waals surface area (Å²) in [5.74, 6) is -0.746. The maximum Gasteiger partial charge on any atom is 0.307 e. The zero-order valence-corrected chi connectivity index (χ0v) is 6.17. The lowest BCUT2D eigenvalue weighted by Crippen LogP contribution is -2.21. The first kappa shape index (κ1) is 6.28. The van der Waals surface area contributed by atoms with Gasteiger partial charge in [-0.3, -0.25) is 4.79 Å². The van der Waals surface area contributed by atoms with Crippen LogP contribution in [0.3, 0.4) is 0 Å². The van der Waals surface area contributed by atoms with Crippen molar-refractivity contribution in [2.45, 2.75) is 16.9 Å². The van der Waals surface area contributed by atoms with Crippen molar-refractivity contribution in [1.29, 1.82) is 0 Å². The van der Waals surface area contributed by atoms with Crippen LogP contribution in [0.4, 0.5) is 0 Å². The molecule has 0 radical (unpaired) electrons. The molecule has 1 saturated heterocycles. The molecule has 10 heavy (non-hydrogen) atoms. The van der Waals surface area contributed by atoms with Crippen molar-refractivity contribution < 1.29 is 9.90 Å². The fourth-order valence-electron chi connectivity index (χ4n) is 1.51. The molecular weight excluding hydrogens is 148 g/mol. The largest absolute Gasteiger partial charge is 0.481 e. The molecule has 3 atom stereocenters. The van der Waals surface area contributed by atoms with E-state index in [1.54, 1.807) is 11.8 Å². The Morgan fingerprint density at radius 2 is 2.40 bits per heavy atom. The van der Waals surface area contributed by atoms with Crippen LogP contribution in [-0.4, -0.2) is 21.6 Å². The van der Waals surface area contributed by atoms with Crippen LogP contribution in [0.2, 0.25) is 0 Å². The van der Waals surface area contributed by atoms with E-state index in [1.807, 2.05) is 6.08 Å². The van der Waals surface area contributed by atoms with Gasteiger partial charge in [0, 0.05) is 10.5 Å². The van der Waals surface area contributed by atoms with Crippen LogP contribution >= 0.6 is 11.8 Å². The predicted octanol–water partition coefficient (Wildman–Crippen LogP) is 1.13. The van der Waals surface area contributed by atoms with Crippen molar-refractivity contribution in [3.05, 3.63) is 12.2 Å². The number of carboxylic acid groups (broad SMARTS) is 1. The van der Waals surface area contributed by atoms with E-state index in [1.165, 1.54) is 0 Å². The molecule has 0 spiro atoms. The molecule has 0 aromatic heterocycles. The van der Waals surface area contributed by atoms with Crippen molar-refractivity contribution in [1.82, 2.24) is 0 Å². The minimum atomic E-state index is -0.635. The minimum Gasteiger partial charge on any atom is -0.481 e. The van der Waals surface area contributed by atoms with Crippen LogP contribution in [0.15, 0.2) is 12.2 Å². The Morgan fingerprint density at radius 3 is 2.70 bits per heavy atom. The van der Waals surface area contributed by atoms with Gasteiger partial charge in [-0.15, -0.1) is 11.8 Å². The zero-order valence-electron chi connectivity index (χ0n) is 5.36. The van der Waals surface area contributed by atoms with Crippen molar-refractivity contribution in [2.75, 3.05) is 0 Å². The highest BCUT2D eigenvalue weighted by Gasteiger charge is 2.40. The van der Waals surface area contributed by atoms with E-state index < -0.39 is 5.97 Å². The Bertz CT molecular complexity index is 200. The first-order chi connectivity index (χ1) is 4.77. The van der Waals surface area contributed by atoms with E-state index in [0.717, 1.165) is 6.42 Å². The second kappa shape index (κ2) is 2.02. The second-order valence-corrected chi connectivity index (χ2v) is 4.13. The van der Waals surface area contributed by atoms with Gasteiger partial charge in [0.05, 0.1) is 5.92 Å². The van der Waals surface area contributed by atoms with Crippen LogP contribution in [0, 0.1) is 5.92 Å². The minimum absolute atomic E-state index is 0.111. The highest BCUT2D eigenvalue weighted by molar-refractivity contribution is 8.01. The molecule has 0 amide bonds. The number of thioether (sulfide) groups is 1. The zero-order chi connectivity index (χ0) is 7.14. The SMILES string of the molecule is O=C(O)C1CC2C=CC1S2. The Morgan fingerprint density at radius 1 is 1.60 bits per heavy atom. The molecule has 2 aliphatic rings. The summed E-state index contributed by atoms with van der Waals surface area (Å²) >= 11 is 1.78. The fourth-order valence-corrected chi connectivity index (χ4v) is 3.02. The van der Waals surface area contributed by atoms with Crippen molar-refractivity contribution >= 4 is 17.7 Å². The lowest BCUT2D eigenvalue weighted by molar-refractivity contribution is -0.141. The number of carbonyl (C=O) groups is 1. The fraction of sp³-hybridized carbons (Fsp3) is 0.571. The smallest absolute Gasteiger partial charge is 0.307 e. The summed E-state index contributed by atoms with van der Waals surface area (Å²) in [7, 11) is 0. The maximum absolute atomic E-state index is 10.5. The molecule has 0 aliphatic carbocycles. The van der Waals surface area contributed by atoms with Gasteiger partial charge in [0.15, 0.2) is 0 Å². The van der Waals surface area contributed by atoms with Crippen LogP contribution < -0.4 is 0 Å². The quantitative estimate of drug-likeness (QED) is 0.578. The number of carboxylic acids is 1. The molecular formula is C7H8O2S. The van der Waals surface area contributed by atoms with Crippen LogP contribution in [0.5, 0.6) is 0 Å². The van der Waals surface area contributed by atoms with Crippen molar-refractivity contribution in [3.63, 3.8) is 0 Å². The lowest BCUT2D eigenvalue weighted by Gasteiger charge is -2.09.